The minimum atomic E-state index is 0.335. The first kappa shape index (κ1) is 22.2. The van der Waals surface area contributed by atoms with Gasteiger partial charge in [-0.15, -0.1) is 0 Å². The predicted molar refractivity (Wildman–Crippen MR) is 126 cm³/mol. The Bertz CT molecular complexity index is 842. The van der Waals surface area contributed by atoms with Gasteiger partial charge in [0.05, 0.1) is 0 Å². The molecule has 0 bridgehead atoms. The van der Waals surface area contributed by atoms with E-state index in [0.717, 1.165) is 48.4 Å². The van der Waals surface area contributed by atoms with Crippen LogP contribution >= 0.6 is 11.6 Å². The van der Waals surface area contributed by atoms with Crippen LogP contribution in [0.3, 0.4) is 0 Å². The first-order valence-electron chi connectivity index (χ1n) is 10.4. The van der Waals surface area contributed by atoms with Crippen LogP contribution in [-0.4, -0.2) is 64.3 Å². The minimum Gasteiger partial charge on any atom is -0.492 e. The Balaban J connectivity index is 1.51. The zero-order valence-corrected chi connectivity index (χ0v) is 18.8. The van der Waals surface area contributed by atoms with E-state index in [4.69, 9.17) is 16.3 Å². The molecule has 7 heteroatoms. The molecule has 30 heavy (non-hydrogen) atoms. The number of likely N-dealkylation sites (N-methyl/N-ethyl adjacent to an activating group) is 1. The molecule has 0 spiro atoms. The molecule has 0 aliphatic carbocycles. The van der Waals surface area contributed by atoms with Gasteiger partial charge in [-0.1, -0.05) is 35.9 Å². The fourth-order valence-electron chi connectivity index (χ4n) is 3.48. The highest BCUT2D eigenvalue weighted by molar-refractivity contribution is 6.30. The van der Waals surface area contributed by atoms with Crippen molar-refractivity contribution in [2.75, 3.05) is 52.3 Å². The largest absolute Gasteiger partial charge is 0.492 e. The standard InChI is InChI=1S/C23H32ClN5O/c1-25-23(26-16-18-7-4-5-10-22(18)30-14-13-28(2)3)27-20-11-12-29(17-20)21-9-6-8-19(24)15-21/h4-10,15,20H,11-14,16-17H2,1-3H3,(H2,25,26,27). The average Bonchev–Trinajstić information content (AvgIpc) is 3.20. The smallest absolute Gasteiger partial charge is 0.191 e. The molecule has 2 aromatic carbocycles. The van der Waals surface area contributed by atoms with Crippen LogP contribution < -0.4 is 20.3 Å². The number of ether oxygens (including phenoxy) is 1. The van der Waals surface area contributed by atoms with Crippen molar-refractivity contribution >= 4 is 23.2 Å². The summed E-state index contributed by atoms with van der Waals surface area (Å²) in [6, 6.07) is 16.5. The molecule has 1 unspecified atom stereocenters. The van der Waals surface area contributed by atoms with Crippen LogP contribution in [0.25, 0.3) is 0 Å². The molecule has 1 saturated heterocycles. The number of para-hydroxylation sites is 1. The van der Waals surface area contributed by atoms with Crippen molar-refractivity contribution in [1.82, 2.24) is 15.5 Å². The molecule has 1 aliphatic heterocycles. The number of hydrogen-bond acceptors (Lipinski definition) is 4. The number of halogens is 1. The van der Waals surface area contributed by atoms with E-state index in [1.165, 1.54) is 5.69 Å². The lowest BCUT2D eigenvalue weighted by atomic mass is 10.2. The van der Waals surface area contributed by atoms with Crippen molar-refractivity contribution in [2.24, 2.45) is 4.99 Å². The van der Waals surface area contributed by atoms with E-state index < -0.39 is 0 Å². The minimum absolute atomic E-state index is 0.335. The van der Waals surface area contributed by atoms with Gasteiger partial charge in [0.1, 0.15) is 12.4 Å². The van der Waals surface area contributed by atoms with Crippen molar-refractivity contribution in [3.63, 3.8) is 0 Å². The maximum atomic E-state index is 6.14. The SMILES string of the molecule is CN=C(NCc1ccccc1OCCN(C)C)NC1CCN(c2cccc(Cl)c2)C1. The molecule has 0 aromatic heterocycles. The van der Waals surface area contributed by atoms with Crippen LogP contribution in [0, 0.1) is 0 Å². The lowest BCUT2D eigenvalue weighted by Crippen LogP contribution is -2.44. The van der Waals surface area contributed by atoms with Gasteiger partial charge < -0.3 is 25.2 Å². The molecule has 2 aromatic rings. The second kappa shape index (κ2) is 11.1. The summed E-state index contributed by atoms with van der Waals surface area (Å²) in [7, 11) is 5.89. The van der Waals surface area contributed by atoms with E-state index >= 15 is 0 Å². The Morgan fingerprint density at radius 3 is 2.83 bits per heavy atom. The van der Waals surface area contributed by atoms with Gasteiger partial charge in [-0.3, -0.25) is 4.99 Å². The third-order valence-corrected chi connectivity index (χ3v) is 5.38. The predicted octanol–water partition coefficient (Wildman–Crippen LogP) is 3.22. The zero-order chi connectivity index (χ0) is 21.3. The maximum Gasteiger partial charge on any atom is 0.191 e. The summed E-state index contributed by atoms with van der Waals surface area (Å²) in [6.07, 6.45) is 1.05. The Morgan fingerprint density at radius 1 is 1.23 bits per heavy atom. The number of aliphatic imine (C=N–C) groups is 1. The van der Waals surface area contributed by atoms with E-state index in [9.17, 15) is 0 Å². The highest BCUT2D eigenvalue weighted by Crippen LogP contribution is 2.23. The lowest BCUT2D eigenvalue weighted by molar-refractivity contribution is 0.259. The summed E-state index contributed by atoms with van der Waals surface area (Å²) in [5.41, 5.74) is 2.28. The topological polar surface area (TPSA) is 52.1 Å². The number of rotatable bonds is 8. The quantitative estimate of drug-likeness (QED) is 0.498. The molecule has 162 valence electrons. The maximum absolute atomic E-state index is 6.14. The molecule has 1 heterocycles. The summed E-state index contributed by atoms with van der Waals surface area (Å²) in [5.74, 6) is 1.71. The molecular formula is C23H32ClN5O. The highest BCUT2D eigenvalue weighted by atomic mass is 35.5. The van der Waals surface area contributed by atoms with E-state index in [2.05, 4.69) is 37.6 Å². The van der Waals surface area contributed by atoms with Gasteiger partial charge in [-0.05, 0) is 44.8 Å². The molecule has 2 N–H and O–H groups in total. The van der Waals surface area contributed by atoms with Crippen molar-refractivity contribution < 1.29 is 4.74 Å². The Labute approximate surface area is 184 Å². The third kappa shape index (κ3) is 6.54. The van der Waals surface area contributed by atoms with Crippen LogP contribution in [0.5, 0.6) is 5.75 Å². The summed E-state index contributed by atoms with van der Waals surface area (Å²) in [4.78, 5) is 8.86. The summed E-state index contributed by atoms with van der Waals surface area (Å²) in [5, 5.41) is 7.74. The molecular weight excluding hydrogens is 398 g/mol. The van der Waals surface area contributed by atoms with Crippen LogP contribution in [0.1, 0.15) is 12.0 Å². The van der Waals surface area contributed by atoms with Gasteiger partial charge in [0.2, 0.25) is 0 Å². The second-order valence-corrected chi connectivity index (χ2v) is 8.18. The van der Waals surface area contributed by atoms with Crippen molar-refractivity contribution in [2.45, 2.75) is 19.0 Å². The van der Waals surface area contributed by atoms with Gasteiger partial charge in [0.25, 0.3) is 0 Å². The van der Waals surface area contributed by atoms with Crippen LogP contribution in [0.15, 0.2) is 53.5 Å². The third-order valence-electron chi connectivity index (χ3n) is 5.14. The average molecular weight is 430 g/mol. The number of guanidine groups is 1. The van der Waals surface area contributed by atoms with Crippen molar-refractivity contribution in [3.8, 4) is 5.75 Å². The van der Waals surface area contributed by atoms with Gasteiger partial charge in [-0.2, -0.15) is 0 Å². The van der Waals surface area contributed by atoms with Gasteiger partial charge >= 0.3 is 0 Å². The van der Waals surface area contributed by atoms with E-state index in [-0.39, 0.29) is 0 Å². The monoisotopic (exact) mass is 429 g/mol. The normalized spacial score (nSPS) is 16.8. The van der Waals surface area contributed by atoms with Gasteiger partial charge in [-0.25, -0.2) is 0 Å². The van der Waals surface area contributed by atoms with Crippen LogP contribution in [0.2, 0.25) is 5.02 Å². The number of nitrogens with zero attached hydrogens (tertiary/aromatic N) is 3. The first-order chi connectivity index (χ1) is 14.5. The summed E-state index contributed by atoms with van der Waals surface area (Å²) >= 11 is 6.14. The van der Waals surface area contributed by atoms with E-state index in [1.54, 1.807) is 7.05 Å². The lowest BCUT2D eigenvalue weighted by Gasteiger charge is -2.21. The number of benzene rings is 2. The molecule has 0 radical (unpaired) electrons. The fourth-order valence-corrected chi connectivity index (χ4v) is 3.67. The first-order valence-corrected chi connectivity index (χ1v) is 10.8. The molecule has 0 amide bonds. The van der Waals surface area contributed by atoms with Gasteiger partial charge in [0.15, 0.2) is 5.96 Å². The second-order valence-electron chi connectivity index (χ2n) is 7.74. The Kier molecular flexibility index (Phi) is 8.22. The van der Waals surface area contributed by atoms with Crippen molar-refractivity contribution in [1.29, 1.82) is 0 Å². The molecule has 1 fully saturated rings. The molecule has 6 nitrogen and oxygen atoms in total. The fraction of sp³-hybridized carbons (Fsp3) is 0.435. The summed E-state index contributed by atoms with van der Waals surface area (Å²) < 4.78 is 5.96. The van der Waals surface area contributed by atoms with Gasteiger partial charge in [0, 0.05) is 55.5 Å². The molecule has 0 saturated carbocycles. The highest BCUT2D eigenvalue weighted by Gasteiger charge is 2.23. The van der Waals surface area contributed by atoms with E-state index in [1.807, 2.05) is 50.5 Å². The molecule has 1 aliphatic rings. The number of hydrogen-bond donors (Lipinski definition) is 2. The Morgan fingerprint density at radius 2 is 2.07 bits per heavy atom. The molecule has 3 rings (SSSR count). The van der Waals surface area contributed by atoms with Crippen LogP contribution in [0.4, 0.5) is 5.69 Å². The number of nitrogens with one attached hydrogen (secondary N) is 2. The number of anilines is 1. The van der Waals surface area contributed by atoms with Crippen molar-refractivity contribution in [3.05, 3.63) is 59.1 Å². The molecule has 1 atom stereocenters. The Hall–Kier alpha value is -2.44. The zero-order valence-electron chi connectivity index (χ0n) is 18.1. The van der Waals surface area contributed by atoms with E-state index in [0.29, 0.717) is 19.2 Å². The summed E-state index contributed by atoms with van der Waals surface area (Å²) in [6.45, 7) is 4.12. The van der Waals surface area contributed by atoms with Crippen LogP contribution in [-0.2, 0) is 6.54 Å².